The molecule has 0 aromatic heterocycles. The van der Waals surface area contributed by atoms with Gasteiger partial charge in [0.05, 0.1) is 0 Å². The van der Waals surface area contributed by atoms with Gasteiger partial charge in [0.2, 0.25) is 5.91 Å². The van der Waals surface area contributed by atoms with E-state index >= 15 is 0 Å². The molecule has 0 heterocycles. The predicted octanol–water partition coefficient (Wildman–Crippen LogP) is 4.52. The fourth-order valence-corrected chi connectivity index (χ4v) is 2.88. The summed E-state index contributed by atoms with van der Waals surface area (Å²) in [5.74, 6) is -0.0740. The lowest BCUT2D eigenvalue weighted by atomic mass is 9.97. The Labute approximate surface area is 144 Å². The summed E-state index contributed by atoms with van der Waals surface area (Å²) in [4.78, 5) is 23.8. The van der Waals surface area contributed by atoms with Gasteiger partial charge in [-0.15, -0.1) is 0 Å². The van der Waals surface area contributed by atoms with Crippen LogP contribution < -0.4 is 16.0 Å². The monoisotopic (exact) mass is 331 g/mol. The van der Waals surface area contributed by atoms with Gasteiger partial charge in [-0.2, -0.15) is 0 Å². The number of benzene rings is 1. The van der Waals surface area contributed by atoms with Crippen LogP contribution in [0.4, 0.5) is 16.2 Å². The molecule has 24 heavy (non-hydrogen) atoms. The largest absolute Gasteiger partial charge is 0.335 e. The van der Waals surface area contributed by atoms with E-state index in [1.165, 1.54) is 32.1 Å². The maximum atomic E-state index is 12.1. The molecule has 132 valence electrons. The van der Waals surface area contributed by atoms with E-state index in [9.17, 15) is 9.59 Å². The Morgan fingerprint density at radius 3 is 1.92 bits per heavy atom. The zero-order valence-corrected chi connectivity index (χ0v) is 14.7. The molecule has 1 saturated carbocycles. The second kappa shape index (κ2) is 9.30. The smallest absolute Gasteiger partial charge is 0.319 e. The Balaban J connectivity index is 1.81. The van der Waals surface area contributed by atoms with Crippen molar-refractivity contribution in [1.29, 1.82) is 0 Å². The van der Waals surface area contributed by atoms with Crippen molar-refractivity contribution in [2.45, 2.75) is 64.8 Å². The third-order valence-electron chi connectivity index (χ3n) is 4.38. The van der Waals surface area contributed by atoms with Crippen molar-refractivity contribution in [3.8, 4) is 0 Å². The molecule has 5 nitrogen and oxygen atoms in total. The van der Waals surface area contributed by atoms with Crippen molar-refractivity contribution >= 4 is 23.3 Å². The van der Waals surface area contributed by atoms with Crippen LogP contribution in [0.25, 0.3) is 0 Å². The number of amides is 3. The molecule has 1 aromatic carbocycles. The van der Waals surface area contributed by atoms with Crippen LogP contribution in [0.3, 0.4) is 0 Å². The Bertz CT molecular complexity index is 532. The summed E-state index contributed by atoms with van der Waals surface area (Å²) in [7, 11) is 0. The van der Waals surface area contributed by atoms with Crippen LogP contribution in [-0.4, -0.2) is 18.0 Å². The molecule has 0 unspecified atom stereocenters. The Kier molecular flexibility index (Phi) is 7.09. The number of carbonyl (C=O) groups excluding carboxylic acids is 2. The van der Waals surface area contributed by atoms with Gasteiger partial charge in [-0.25, -0.2) is 4.79 Å². The summed E-state index contributed by atoms with van der Waals surface area (Å²) >= 11 is 0. The zero-order valence-electron chi connectivity index (χ0n) is 14.7. The van der Waals surface area contributed by atoms with Crippen LogP contribution in [-0.2, 0) is 4.79 Å². The van der Waals surface area contributed by atoms with Crippen molar-refractivity contribution in [1.82, 2.24) is 5.32 Å². The van der Waals surface area contributed by atoms with Crippen molar-refractivity contribution in [3.63, 3.8) is 0 Å². The zero-order chi connectivity index (χ0) is 17.4. The molecule has 0 spiro atoms. The highest BCUT2D eigenvalue weighted by Crippen LogP contribution is 2.18. The highest BCUT2D eigenvalue weighted by molar-refractivity contribution is 5.93. The van der Waals surface area contributed by atoms with Gasteiger partial charge in [-0.05, 0) is 37.1 Å². The normalized spacial score (nSPS) is 16.1. The van der Waals surface area contributed by atoms with Crippen molar-refractivity contribution in [2.24, 2.45) is 5.92 Å². The number of anilines is 2. The molecule has 0 aliphatic heterocycles. The molecule has 5 heteroatoms. The molecule has 0 radical (unpaired) electrons. The second-order valence-corrected chi connectivity index (χ2v) is 6.86. The van der Waals surface area contributed by atoms with Gasteiger partial charge in [-0.1, -0.05) is 46.0 Å². The highest BCUT2D eigenvalue weighted by atomic mass is 16.2. The Morgan fingerprint density at radius 1 is 0.875 bits per heavy atom. The molecule has 0 atom stereocenters. The second-order valence-electron chi connectivity index (χ2n) is 6.86. The molecular weight excluding hydrogens is 302 g/mol. The molecule has 0 bridgehead atoms. The summed E-state index contributed by atoms with van der Waals surface area (Å²) in [5, 5.41) is 8.78. The molecule has 1 aliphatic carbocycles. The van der Waals surface area contributed by atoms with Gasteiger partial charge in [0.25, 0.3) is 0 Å². The van der Waals surface area contributed by atoms with Gasteiger partial charge in [0, 0.05) is 23.3 Å². The summed E-state index contributed by atoms with van der Waals surface area (Å²) in [5.41, 5.74) is 1.46. The van der Waals surface area contributed by atoms with Crippen LogP contribution in [0, 0.1) is 5.92 Å². The van der Waals surface area contributed by atoms with E-state index in [-0.39, 0.29) is 23.9 Å². The van der Waals surface area contributed by atoms with Crippen LogP contribution in [0.1, 0.15) is 58.8 Å². The van der Waals surface area contributed by atoms with Gasteiger partial charge in [0.1, 0.15) is 0 Å². The summed E-state index contributed by atoms with van der Waals surface area (Å²) in [6.07, 6.45) is 8.36. The molecular formula is C19H29N3O2. The lowest BCUT2D eigenvalue weighted by molar-refractivity contribution is -0.118. The summed E-state index contributed by atoms with van der Waals surface area (Å²) in [6.45, 7) is 3.70. The number of urea groups is 1. The van der Waals surface area contributed by atoms with Crippen molar-refractivity contribution in [2.75, 3.05) is 10.6 Å². The third kappa shape index (κ3) is 6.22. The van der Waals surface area contributed by atoms with Crippen LogP contribution in [0.15, 0.2) is 24.3 Å². The minimum absolute atomic E-state index is 0.0160. The lowest BCUT2D eigenvalue weighted by Crippen LogP contribution is -2.38. The molecule has 3 amide bonds. The first-order valence-corrected chi connectivity index (χ1v) is 9.03. The minimum Gasteiger partial charge on any atom is -0.335 e. The van der Waals surface area contributed by atoms with E-state index in [0.717, 1.165) is 24.2 Å². The van der Waals surface area contributed by atoms with E-state index in [2.05, 4.69) is 16.0 Å². The number of nitrogens with one attached hydrogen (secondary N) is 3. The fourth-order valence-electron chi connectivity index (χ4n) is 2.88. The van der Waals surface area contributed by atoms with E-state index < -0.39 is 0 Å². The number of carbonyl (C=O) groups is 2. The van der Waals surface area contributed by atoms with Crippen molar-refractivity contribution < 1.29 is 9.59 Å². The number of hydrogen-bond acceptors (Lipinski definition) is 2. The quantitative estimate of drug-likeness (QED) is 0.759. The van der Waals surface area contributed by atoms with Gasteiger partial charge < -0.3 is 16.0 Å². The fraction of sp³-hybridized carbons (Fsp3) is 0.579. The maximum absolute atomic E-state index is 12.1. The first-order valence-electron chi connectivity index (χ1n) is 9.03. The van der Waals surface area contributed by atoms with Crippen LogP contribution >= 0.6 is 0 Å². The van der Waals surface area contributed by atoms with E-state index in [4.69, 9.17) is 0 Å². The summed E-state index contributed by atoms with van der Waals surface area (Å²) in [6, 6.07) is 7.31. The lowest BCUT2D eigenvalue weighted by Gasteiger charge is -2.21. The van der Waals surface area contributed by atoms with E-state index in [1.807, 2.05) is 13.8 Å². The standard InChI is InChI=1S/C19H29N3O2/c1-14(2)18(23)20-16-10-12-17(13-11-16)22-19(24)21-15-8-6-4-3-5-7-9-15/h10-15H,3-9H2,1-2H3,(H,20,23)(H2,21,22,24). The average Bonchev–Trinajstić information content (AvgIpc) is 2.51. The van der Waals surface area contributed by atoms with Gasteiger partial charge in [0.15, 0.2) is 0 Å². The van der Waals surface area contributed by atoms with Gasteiger partial charge in [-0.3, -0.25) is 4.79 Å². The maximum Gasteiger partial charge on any atom is 0.319 e. The molecule has 1 aromatic rings. The molecule has 3 N–H and O–H groups in total. The van der Waals surface area contributed by atoms with Crippen LogP contribution in [0.5, 0.6) is 0 Å². The number of hydrogen-bond donors (Lipinski definition) is 3. The highest BCUT2D eigenvalue weighted by Gasteiger charge is 2.14. The van der Waals surface area contributed by atoms with Crippen LogP contribution in [0.2, 0.25) is 0 Å². The van der Waals surface area contributed by atoms with E-state index in [0.29, 0.717) is 0 Å². The minimum atomic E-state index is -0.153. The molecule has 2 rings (SSSR count). The number of rotatable bonds is 4. The first-order chi connectivity index (χ1) is 11.5. The Morgan fingerprint density at radius 2 is 1.38 bits per heavy atom. The average molecular weight is 331 g/mol. The van der Waals surface area contributed by atoms with E-state index in [1.54, 1.807) is 24.3 Å². The summed E-state index contributed by atoms with van der Waals surface area (Å²) < 4.78 is 0. The Hall–Kier alpha value is -2.04. The third-order valence-corrected chi connectivity index (χ3v) is 4.38. The predicted molar refractivity (Wildman–Crippen MR) is 98.2 cm³/mol. The topological polar surface area (TPSA) is 70.2 Å². The molecule has 1 aliphatic rings. The molecule has 0 saturated heterocycles. The molecule has 1 fully saturated rings. The van der Waals surface area contributed by atoms with Crippen molar-refractivity contribution in [3.05, 3.63) is 24.3 Å². The first kappa shape index (κ1) is 18.3. The van der Waals surface area contributed by atoms with Gasteiger partial charge >= 0.3 is 6.03 Å². The SMILES string of the molecule is CC(C)C(=O)Nc1ccc(NC(=O)NC2CCCCCCC2)cc1.